The van der Waals surface area contributed by atoms with Gasteiger partial charge in [0.1, 0.15) is 0 Å². The SMILES string of the molecule is CC1=CCCC(C)(C)C1/C=C/C(C)N1CCOCC1. The summed E-state index contributed by atoms with van der Waals surface area (Å²) in [6.45, 7) is 13.3. The molecule has 1 aliphatic carbocycles. The van der Waals surface area contributed by atoms with Crippen LogP contribution >= 0.6 is 0 Å². The van der Waals surface area contributed by atoms with Crippen LogP contribution in [0, 0.1) is 11.3 Å². The summed E-state index contributed by atoms with van der Waals surface area (Å²) in [6.07, 6.45) is 9.80. The van der Waals surface area contributed by atoms with E-state index in [1.165, 1.54) is 12.8 Å². The molecule has 0 amide bonds. The van der Waals surface area contributed by atoms with Gasteiger partial charge in [-0.05, 0) is 32.1 Å². The van der Waals surface area contributed by atoms with Gasteiger partial charge in [0.15, 0.2) is 0 Å². The molecule has 0 aromatic rings. The fourth-order valence-electron chi connectivity index (χ4n) is 3.36. The monoisotopic (exact) mass is 263 g/mol. The second kappa shape index (κ2) is 6.23. The van der Waals surface area contributed by atoms with E-state index in [0.717, 1.165) is 26.3 Å². The Kier molecular flexibility index (Phi) is 4.86. The number of hydrogen-bond acceptors (Lipinski definition) is 2. The lowest BCUT2D eigenvalue weighted by Crippen LogP contribution is -2.41. The molecule has 2 nitrogen and oxygen atoms in total. The standard InChI is InChI=1S/C17H29NO/c1-14-6-5-9-17(3,4)16(14)8-7-15(2)18-10-12-19-13-11-18/h6-8,15-16H,5,9-13H2,1-4H3/b8-7+. The predicted molar refractivity (Wildman–Crippen MR) is 81.3 cm³/mol. The van der Waals surface area contributed by atoms with Crippen LogP contribution in [0.4, 0.5) is 0 Å². The zero-order valence-electron chi connectivity index (χ0n) is 13.0. The van der Waals surface area contributed by atoms with Crippen molar-refractivity contribution in [2.75, 3.05) is 26.3 Å². The van der Waals surface area contributed by atoms with E-state index in [4.69, 9.17) is 4.74 Å². The lowest BCUT2D eigenvalue weighted by Gasteiger charge is -2.37. The van der Waals surface area contributed by atoms with Crippen LogP contribution in [0.2, 0.25) is 0 Å². The number of ether oxygens (including phenoxy) is 1. The average molecular weight is 263 g/mol. The molecule has 0 aromatic heterocycles. The van der Waals surface area contributed by atoms with Gasteiger partial charge in [-0.25, -0.2) is 0 Å². The van der Waals surface area contributed by atoms with Gasteiger partial charge in [-0.15, -0.1) is 0 Å². The van der Waals surface area contributed by atoms with Crippen molar-refractivity contribution in [3.05, 3.63) is 23.8 Å². The van der Waals surface area contributed by atoms with Crippen molar-refractivity contribution in [2.24, 2.45) is 11.3 Å². The quantitative estimate of drug-likeness (QED) is 0.721. The van der Waals surface area contributed by atoms with Gasteiger partial charge in [-0.2, -0.15) is 0 Å². The zero-order valence-corrected chi connectivity index (χ0v) is 13.0. The van der Waals surface area contributed by atoms with Crippen LogP contribution in [0.1, 0.15) is 40.5 Å². The third-order valence-electron chi connectivity index (χ3n) is 4.79. The lowest BCUT2D eigenvalue weighted by atomic mass is 9.68. The molecule has 0 aromatic carbocycles. The molecule has 0 bridgehead atoms. The van der Waals surface area contributed by atoms with Crippen LogP contribution in [-0.4, -0.2) is 37.2 Å². The first-order valence-electron chi connectivity index (χ1n) is 7.67. The average Bonchev–Trinajstić information content (AvgIpc) is 2.38. The minimum Gasteiger partial charge on any atom is -0.379 e. The van der Waals surface area contributed by atoms with Crippen molar-refractivity contribution in [3.63, 3.8) is 0 Å². The molecule has 19 heavy (non-hydrogen) atoms. The van der Waals surface area contributed by atoms with E-state index in [1.54, 1.807) is 5.57 Å². The highest BCUT2D eigenvalue weighted by Crippen LogP contribution is 2.41. The molecule has 2 unspecified atom stereocenters. The molecule has 2 atom stereocenters. The molecule has 108 valence electrons. The zero-order chi connectivity index (χ0) is 13.9. The van der Waals surface area contributed by atoms with Crippen LogP contribution in [0.3, 0.4) is 0 Å². The number of rotatable bonds is 3. The topological polar surface area (TPSA) is 12.5 Å². The first-order chi connectivity index (χ1) is 9.00. The summed E-state index contributed by atoms with van der Waals surface area (Å²) >= 11 is 0. The van der Waals surface area contributed by atoms with Crippen LogP contribution in [0.15, 0.2) is 23.8 Å². The number of hydrogen-bond donors (Lipinski definition) is 0. The molecule has 1 saturated heterocycles. The van der Waals surface area contributed by atoms with E-state index in [-0.39, 0.29) is 0 Å². The minimum absolute atomic E-state index is 0.403. The summed E-state index contributed by atoms with van der Waals surface area (Å²) in [5, 5.41) is 0. The summed E-state index contributed by atoms with van der Waals surface area (Å²) in [4.78, 5) is 2.51. The van der Waals surface area contributed by atoms with Gasteiger partial charge in [0.25, 0.3) is 0 Å². The van der Waals surface area contributed by atoms with Crippen LogP contribution in [0.25, 0.3) is 0 Å². The molecular weight excluding hydrogens is 234 g/mol. The van der Waals surface area contributed by atoms with Gasteiger partial charge in [0.2, 0.25) is 0 Å². The first kappa shape index (κ1) is 14.8. The molecule has 1 fully saturated rings. The second-order valence-electron chi connectivity index (χ2n) is 6.73. The number of allylic oxidation sites excluding steroid dienone is 3. The Hall–Kier alpha value is -0.600. The summed E-state index contributed by atoms with van der Waals surface area (Å²) < 4.78 is 5.42. The molecule has 0 saturated carbocycles. The van der Waals surface area contributed by atoms with Crippen molar-refractivity contribution in [2.45, 2.75) is 46.6 Å². The molecule has 2 heteroatoms. The Bertz CT molecular complexity index is 350. The Balaban J connectivity index is 1.99. The maximum Gasteiger partial charge on any atom is 0.0594 e. The van der Waals surface area contributed by atoms with Gasteiger partial charge in [-0.1, -0.05) is 37.6 Å². The first-order valence-corrected chi connectivity index (χ1v) is 7.67. The molecule has 0 radical (unpaired) electrons. The summed E-state index contributed by atoms with van der Waals surface area (Å²) in [7, 11) is 0. The highest BCUT2D eigenvalue weighted by molar-refractivity contribution is 5.19. The van der Waals surface area contributed by atoms with Crippen molar-refractivity contribution in [1.82, 2.24) is 4.90 Å². The summed E-state index contributed by atoms with van der Waals surface area (Å²) in [5.41, 5.74) is 1.95. The Morgan fingerprint density at radius 2 is 2.05 bits per heavy atom. The van der Waals surface area contributed by atoms with E-state index in [1.807, 2.05) is 0 Å². The fraction of sp³-hybridized carbons (Fsp3) is 0.765. The second-order valence-corrected chi connectivity index (χ2v) is 6.73. The van der Waals surface area contributed by atoms with Crippen molar-refractivity contribution < 1.29 is 4.74 Å². The van der Waals surface area contributed by atoms with E-state index in [9.17, 15) is 0 Å². The van der Waals surface area contributed by atoms with Gasteiger partial charge in [0, 0.05) is 25.0 Å². The van der Waals surface area contributed by atoms with Gasteiger partial charge < -0.3 is 4.74 Å². The van der Waals surface area contributed by atoms with Crippen molar-refractivity contribution in [3.8, 4) is 0 Å². The normalized spacial score (nSPS) is 30.3. The Morgan fingerprint density at radius 3 is 2.68 bits per heavy atom. The summed E-state index contributed by atoms with van der Waals surface area (Å²) in [5.74, 6) is 0.602. The Labute approximate surface area is 118 Å². The molecular formula is C17H29NO. The van der Waals surface area contributed by atoms with Crippen LogP contribution in [0.5, 0.6) is 0 Å². The van der Waals surface area contributed by atoms with Gasteiger partial charge >= 0.3 is 0 Å². The molecule has 2 aliphatic rings. The van der Waals surface area contributed by atoms with Crippen LogP contribution in [-0.2, 0) is 4.74 Å². The van der Waals surface area contributed by atoms with Gasteiger partial charge in [0.05, 0.1) is 13.2 Å². The van der Waals surface area contributed by atoms with E-state index in [0.29, 0.717) is 17.4 Å². The third-order valence-corrected chi connectivity index (χ3v) is 4.79. The largest absolute Gasteiger partial charge is 0.379 e. The number of nitrogens with zero attached hydrogens (tertiary/aromatic N) is 1. The molecule has 1 heterocycles. The summed E-state index contributed by atoms with van der Waals surface area (Å²) in [6, 6.07) is 0.523. The molecule has 1 aliphatic heterocycles. The number of morpholine rings is 1. The maximum atomic E-state index is 5.42. The molecule has 2 rings (SSSR count). The minimum atomic E-state index is 0.403. The van der Waals surface area contributed by atoms with Crippen LogP contribution < -0.4 is 0 Å². The van der Waals surface area contributed by atoms with E-state index < -0.39 is 0 Å². The predicted octanol–water partition coefficient (Wildman–Crippen LogP) is 3.65. The molecule has 0 N–H and O–H groups in total. The smallest absolute Gasteiger partial charge is 0.0594 e. The van der Waals surface area contributed by atoms with E-state index >= 15 is 0 Å². The third kappa shape index (κ3) is 3.70. The maximum absolute atomic E-state index is 5.42. The highest BCUT2D eigenvalue weighted by atomic mass is 16.5. The molecule has 0 spiro atoms. The highest BCUT2D eigenvalue weighted by Gasteiger charge is 2.31. The Morgan fingerprint density at radius 1 is 1.37 bits per heavy atom. The lowest BCUT2D eigenvalue weighted by molar-refractivity contribution is 0.0285. The van der Waals surface area contributed by atoms with Crippen molar-refractivity contribution >= 4 is 0 Å². The van der Waals surface area contributed by atoms with Gasteiger partial charge in [-0.3, -0.25) is 4.90 Å². The fourth-order valence-corrected chi connectivity index (χ4v) is 3.36. The van der Waals surface area contributed by atoms with Crippen molar-refractivity contribution in [1.29, 1.82) is 0 Å². The van der Waals surface area contributed by atoms with E-state index in [2.05, 4.69) is 50.8 Å².